The first-order valence-electron chi connectivity index (χ1n) is 18.6. The van der Waals surface area contributed by atoms with Gasteiger partial charge < -0.3 is 0 Å². The molecule has 0 N–H and O–H groups in total. The molecule has 2 saturated heterocycles. The van der Waals surface area contributed by atoms with Crippen LogP contribution in [0.5, 0.6) is 0 Å². The SMILES string of the molecule is FC1CC(F)C(C2CCC(N(C3CCCCC3)C3CCCC4C5CCC6SC7CCCCC7C6C5SC43)CC2)C(F)C1. The Morgan fingerprint density at radius 2 is 1.14 bits per heavy atom. The molecular weight excluding hydrogens is 568 g/mol. The minimum absolute atomic E-state index is 0.0775. The first kappa shape index (κ1) is 29.8. The molecule has 0 aromatic heterocycles. The van der Waals surface area contributed by atoms with Crippen LogP contribution in [0.2, 0.25) is 0 Å². The molecular formula is C36H56F3NS2. The number of rotatable bonds is 4. The predicted molar refractivity (Wildman–Crippen MR) is 172 cm³/mol. The van der Waals surface area contributed by atoms with E-state index in [1.165, 1.54) is 89.9 Å². The van der Waals surface area contributed by atoms with Gasteiger partial charge in [0.25, 0.3) is 0 Å². The molecule has 42 heavy (non-hydrogen) atoms. The number of fused-ring (bicyclic) bond motifs is 7. The molecule has 0 aromatic rings. The highest BCUT2D eigenvalue weighted by molar-refractivity contribution is 8.02. The van der Waals surface area contributed by atoms with Gasteiger partial charge in [-0.2, -0.15) is 23.5 Å². The molecule has 1 nitrogen and oxygen atoms in total. The summed E-state index contributed by atoms with van der Waals surface area (Å²) in [5.41, 5.74) is 0. The molecule has 0 aromatic carbocycles. The highest BCUT2D eigenvalue weighted by Gasteiger charge is 2.60. The molecule has 6 saturated carbocycles. The third-order valence-electron chi connectivity index (χ3n) is 14.2. The normalized spacial score (nSPS) is 53.3. The van der Waals surface area contributed by atoms with Crippen LogP contribution in [0.1, 0.15) is 128 Å². The van der Waals surface area contributed by atoms with Crippen LogP contribution in [0.15, 0.2) is 0 Å². The topological polar surface area (TPSA) is 3.24 Å². The summed E-state index contributed by atoms with van der Waals surface area (Å²) in [6.45, 7) is 0. The Balaban J connectivity index is 1.01. The van der Waals surface area contributed by atoms with Gasteiger partial charge in [-0.05, 0) is 107 Å². The van der Waals surface area contributed by atoms with E-state index < -0.39 is 24.4 Å². The van der Waals surface area contributed by atoms with Gasteiger partial charge >= 0.3 is 0 Å². The van der Waals surface area contributed by atoms with Gasteiger partial charge in [-0.25, -0.2) is 13.2 Å². The number of alkyl halides is 3. The molecule has 2 heterocycles. The number of hydrogen-bond donors (Lipinski definition) is 0. The summed E-state index contributed by atoms with van der Waals surface area (Å²) in [6.07, 6.45) is 20.1. The summed E-state index contributed by atoms with van der Waals surface area (Å²) in [6, 6.07) is 2.01. The van der Waals surface area contributed by atoms with Gasteiger partial charge in [-0.1, -0.05) is 38.5 Å². The van der Waals surface area contributed by atoms with Crippen molar-refractivity contribution in [2.45, 2.75) is 186 Å². The lowest BCUT2D eigenvalue weighted by Crippen LogP contribution is -2.57. The highest BCUT2D eigenvalue weighted by atomic mass is 32.2. The Hall–Kier alpha value is 0.450. The van der Waals surface area contributed by atoms with E-state index in [2.05, 4.69) is 28.4 Å². The zero-order valence-corrected chi connectivity index (χ0v) is 27.4. The van der Waals surface area contributed by atoms with Crippen molar-refractivity contribution >= 4 is 23.5 Å². The summed E-state index contributed by atoms with van der Waals surface area (Å²) in [5, 5.41) is 3.64. The summed E-state index contributed by atoms with van der Waals surface area (Å²) >= 11 is 4.94. The Morgan fingerprint density at radius 3 is 1.93 bits per heavy atom. The largest absolute Gasteiger partial charge is 0.293 e. The average Bonchev–Trinajstić information content (AvgIpc) is 3.57. The Morgan fingerprint density at radius 1 is 0.476 bits per heavy atom. The second kappa shape index (κ2) is 12.6. The smallest absolute Gasteiger partial charge is 0.109 e. The maximum absolute atomic E-state index is 15.0. The van der Waals surface area contributed by atoms with Crippen molar-refractivity contribution in [1.29, 1.82) is 0 Å². The van der Waals surface area contributed by atoms with E-state index in [1.54, 1.807) is 0 Å². The lowest BCUT2D eigenvalue weighted by atomic mass is 9.64. The van der Waals surface area contributed by atoms with Crippen molar-refractivity contribution in [3.63, 3.8) is 0 Å². The molecule has 0 bridgehead atoms. The third kappa shape index (κ3) is 5.35. The van der Waals surface area contributed by atoms with Gasteiger partial charge in [-0.15, -0.1) is 0 Å². The molecule has 11 atom stereocenters. The molecule has 0 amide bonds. The quantitative estimate of drug-likeness (QED) is 0.307. The lowest BCUT2D eigenvalue weighted by Gasteiger charge is -2.52. The van der Waals surface area contributed by atoms with E-state index in [4.69, 9.17) is 0 Å². The molecule has 0 spiro atoms. The minimum Gasteiger partial charge on any atom is -0.293 e. The van der Waals surface area contributed by atoms with E-state index in [9.17, 15) is 13.2 Å². The Kier molecular flexibility index (Phi) is 8.93. The summed E-state index contributed by atoms with van der Waals surface area (Å²) in [7, 11) is 0. The number of hydrogen-bond acceptors (Lipinski definition) is 3. The maximum Gasteiger partial charge on any atom is 0.109 e. The van der Waals surface area contributed by atoms with Crippen LogP contribution < -0.4 is 0 Å². The van der Waals surface area contributed by atoms with Crippen LogP contribution in [0.4, 0.5) is 13.2 Å². The van der Waals surface area contributed by atoms with Crippen molar-refractivity contribution < 1.29 is 13.2 Å². The van der Waals surface area contributed by atoms with Gasteiger partial charge in [-0.3, -0.25) is 4.90 Å². The highest BCUT2D eigenvalue weighted by Crippen LogP contribution is 2.65. The number of nitrogens with zero attached hydrogens (tertiary/aromatic N) is 1. The van der Waals surface area contributed by atoms with E-state index in [0.29, 0.717) is 12.1 Å². The standard InChI is InChI=1S/C36H56F3NS2/c37-22-19-28(38)33(29(39)20-22)21-13-15-24(16-14-21)40(23-7-2-1-3-8-23)30-11-6-10-25-26-17-18-32-34(36(26)42-35(25)30)27-9-4-5-12-31(27)41-32/h21-36H,1-20H2. The average molecular weight is 624 g/mol. The fourth-order valence-corrected chi connectivity index (χ4v) is 17.2. The van der Waals surface area contributed by atoms with Gasteiger partial charge in [0.1, 0.15) is 18.5 Å². The third-order valence-corrected chi connectivity index (χ3v) is 18.0. The molecule has 6 heteroatoms. The molecule has 8 fully saturated rings. The van der Waals surface area contributed by atoms with Crippen LogP contribution in [-0.4, -0.2) is 62.5 Å². The molecule has 6 aliphatic carbocycles. The Bertz CT molecular complexity index is 911. The monoisotopic (exact) mass is 623 g/mol. The van der Waals surface area contributed by atoms with E-state index in [-0.39, 0.29) is 18.8 Å². The predicted octanol–water partition coefficient (Wildman–Crippen LogP) is 9.96. The zero-order chi connectivity index (χ0) is 28.4. The van der Waals surface area contributed by atoms with Crippen LogP contribution in [0.3, 0.4) is 0 Å². The Labute approximate surface area is 262 Å². The van der Waals surface area contributed by atoms with Crippen molar-refractivity contribution in [2.75, 3.05) is 0 Å². The zero-order valence-electron chi connectivity index (χ0n) is 25.8. The molecule has 2 aliphatic heterocycles. The van der Waals surface area contributed by atoms with Crippen LogP contribution in [0.25, 0.3) is 0 Å². The fourth-order valence-electron chi connectivity index (χ4n) is 12.5. The van der Waals surface area contributed by atoms with Gasteiger partial charge in [0.05, 0.1) is 0 Å². The lowest BCUT2D eigenvalue weighted by molar-refractivity contribution is -0.0336. The van der Waals surface area contributed by atoms with Crippen LogP contribution in [0, 0.1) is 35.5 Å². The molecule has 8 aliphatic rings. The van der Waals surface area contributed by atoms with E-state index in [1.807, 2.05) is 0 Å². The summed E-state index contributed by atoms with van der Waals surface area (Å²) in [4.78, 5) is 3.11. The summed E-state index contributed by atoms with van der Waals surface area (Å²) < 4.78 is 43.8. The molecule has 238 valence electrons. The fraction of sp³-hybridized carbons (Fsp3) is 1.00. The first-order valence-corrected chi connectivity index (χ1v) is 20.5. The van der Waals surface area contributed by atoms with Gasteiger partial charge in [0.15, 0.2) is 0 Å². The van der Waals surface area contributed by atoms with Crippen LogP contribution >= 0.6 is 23.5 Å². The maximum atomic E-state index is 15.0. The van der Waals surface area contributed by atoms with Gasteiger partial charge in [0.2, 0.25) is 0 Å². The molecule has 8 rings (SSSR count). The van der Waals surface area contributed by atoms with Gasteiger partial charge in [0, 0.05) is 57.9 Å². The first-order chi connectivity index (χ1) is 20.6. The second-order valence-electron chi connectivity index (χ2n) is 16.2. The van der Waals surface area contributed by atoms with Crippen molar-refractivity contribution in [2.24, 2.45) is 35.5 Å². The van der Waals surface area contributed by atoms with Crippen LogP contribution in [-0.2, 0) is 0 Å². The van der Waals surface area contributed by atoms with E-state index in [0.717, 1.165) is 76.4 Å². The molecule has 0 radical (unpaired) electrons. The number of halogens is 3. The second-order valence-corrected chi connectivity index (χ2v) is 19.0. The number of thioether (sulfide) groups is 2. The summed E-state index contributed by atoms with van der Waals surface area (Å²) in [5.74, 6) is 3.41. The van der Waals surface area contributed by atoms with Crippen molar-refractivity contribution in [3.8, 4) is 0 Å². The van der Waals surface area contributed by atoms with Crippen molar-refractivity contribution in [3.05, 3.63) is 0 Å². The minimum atomic E-state index is -1.29. The molecule has 11 unspecified atom stereocenters. The van der Waals surface area contributed by atoms with E-state index >= 15 is 0 Å². The van der Waals surface area contributed by atoms with Crippen molar-refractivity contribution in [1.82, 2.24) is 4.90 Å².